The van der Waals surface area contributed by atoms with Gasteiger partial charge in [-0.3, -0.25) is 4.98 Å². The van der Waals surface area contributed by atoms with E-state index in [2.05, 4.69) is 36.8 Å². The van der Waals surface area contributed by atoms with Crippen LogP contribution < -0.4 is 0 Å². The van der Waals surface area contributed by atoms with Gasteiger partial charge in [0.05, 0.1) is 9.93 Å². The van der Waals surface area contributed by atoms with Crippen molar-refractivity contribution in [3.8, 4) is 0 Å². The van der Waals surface area contributed by atoms with E-state index in [-0.39, 0.29) is 9.55 Å². The average molecular weight is 269 g/mol. The molecule has 1 nitrogen and oxygen atoms in total. The Kier molecular flexibility index (Phi) is 2.80. The van der Waals surface area contributed by atoms with Crippen molar-refractivity contribution < 1.29 is 4.39 Å². The van der Waals surface area contributed by atoms with Gasteiger partial charge in [-0.25, -0.2) is 4.39 Å². The highest BCUT2D eigenvalue weighted by atomic mass is 79.9. The van der Waals surface area contributed by atoms with E-state index in [4.69, 9.17) is 0 Å². The maximum Gasteiger partial charge on any atom is 0.146 e. The number of hydrogen-bond acceptors (Lipinski definition) is 1. The van der Waals surface area contributed by atoms with E-state index in [1.807, 2.05) is 0 Å². The Balaban J connectivity index is 3.03. The predicted octanol–water partition coefficient (Wildman–Crippen LogP) is 3.01. The predicted molar refractivity (Wildman–Crippen MR) is 44.8 cm³/mol. The molecule has 0 N–H and O–H groups in total. The Morgan fingerprint density at radius 1 is 1.50 bits per heavy atom. The smallest absolute Gasteiger partial charge is 0.146 e. The summed E-state index contributed by atoms with van der Waals surface area (Å²) < 4.78 is 12.6. The van der Waals surface area contributed by atoms with Crippen LogP contribution in [0.15, 0.2) is 18.5 Å². The molecular formula is C6H4Br2FN. The van der Waals surface area contributed by atoms with Crippen LogP contribution in [0.2, 0.25) is 0 Å². The molecule has 0 aliphatic carbocycles. The molecule has 0 unspecified atom stereocenters. The summed E-state index contributed by atoms with van der Waals surface area (Å²) in [4.78, 5) is 3.61. The molecule has 1 rings (SSSR count). The number of rotatable bonds is 1. The SMILES string of the molecule is Fc1cnccc1C(Br)Br. The van der Waals surface area contributed by atoms with Crippen molar-refractivity contribution in [2.45, 2.75) is 3.74 Å². The lowest BCUT2D eigenvalue weighted by Crippen LogP contribution is -1.87. The molecule has 0 aliphatic heterocycles. The zero-order valence-electron chi connectivity index (χ0n) is 4.89. The van der Waals surface area contributed by atoms with Crippen LogP contribution in [0.25, 0.3) is 0 Å². The van der Waals surface area contributed by atoms with Gasteiger partial charge >= 0.3 is 0 Å². The highest BCUT2D eigenvalue weighted by Crippen LogP contribution is 2.29. The second kappa shape index (κ2) is 3.44. The largest absolute Gasteiger partial charge is 0.262 e. The fourth-order valence-corrected chi connectivity index (χ4v) is 1.31. The minimum atomic E-state index is -0.304. The molecule has 0 atom stereocenters. The first kappa shape index (κ1) is 8.14. The van der Waals surface area contributed by atoms with Gasteiger partial charge in [0.15, 0.2) is 0 Å². The zero-order valence-corrected chi connectivity index (χ0v) is 8.06. The molecule has 4 heteroatoms. The van der Waals surface area contributed by atoms with Crippen molar-refractivity contribution in [1.82, 2.24) is 4.98 Å². The van der Waals surface area contributed by atoms with Crippen LogP contribution >= 0.6 is 31.9 Å². The minimum Gasteiger partial charge on any atom is -0.262 e. The standard InChI is InChI=1S/C6H4Br2FN/c7-6(8)4-1-2-10-3-5(4)9/h1-3,6H. The third-order valence-electron chi connectivity index (χ3n) is 1.04. The van der Waals surface area contributed by atoms with Gasteiger partial charge in [-0.15, -0.1) is 0 Å². The molecular weight excluding hydrogens is 265 g/mol. The number of alkyl halides is 2. The molecule has 1 aromatic heterocycles. The molecule has 10 heavy (non-hydrogen) atoms. The first-order chi connectivity index (χ1) is 4.72. The van der Waals surface area contributed by atoms with E-state index >= 15 is 0 Å². The number of halogens is 3. The molecule has 0 bridgehead atoms. The topological polar surface area (TPSA) is 12.9 Å². The van der Waals surface area contributed by atoms with Gasteiger partial charge < -0.3 is 0 Å². The van der Waals surface area contributed by atoms with E-state index in [0.29, 0.717) is 5.56 Å². The van der Waals surface area contributed by atoms with Crippen molar-refractivity contribution in [3.63, 3.8) is 0 Å². The molecule has 0 aromatic carbocycles. The Morgan fingerprint density at radius 2 is 2.20 bits per heavy atom. The van der Waals surface area contributed by atoms with E-state index in [1.54, 1.807) is 12.3 Å². The Bertz CT molecular complexity index is 227. The first-order valence-corrected chi connectivity index (χ1v) is 4.42. The maximum atomic E-state index is 12.7. The Morgan fingerprint density at radius 3 is 2.60 bits per heavy atom. The van der Waals surface area contributed by atoms with Crippen LogP contribution in [-0.2, 0) is 0 Å². The number of pyridine rings is 1. The Labute approximate surface area is 74.9 Å². The minimum absolute atomic E-state index is 0.136. The molecule has 0 saturated carbocycles. The first-order valence-electron chi connectivity index (χ1n) is 2.59. The van der Waals surface area contributed by atoms with Crippen molar-refractivity contribution in [1.29, 1.82) is 0 Å². The van der Waals surface area contributed by atoms with Gasteiger partial charge in [0.25, 0.3) is 0 Å². The third-order valence-corrected chi connectivity index (χ3v) is 2.03. The number of nitrogens with zero attached hydrogens (tertiary/aromatic N) is 1. The highest BCUT2D eigenvalue weighted by molar-refractivity contribution is 9.24. The summed E-state index contributed by atoms with van der Waals surface area (Å²) in [7, 11) is 0. The summed E-state index contributed by atoms with van der Waals surface area (Å²) in [5, 5.41) is 0. The molecule has 0 spiro atoms. The van der Waals surface area contributed by atoms with Gasteiger partial charge in [0, 0.05) is 11.8 Å². The second-order valence-electron chi connectivity index (χ2n) is 1.70. The molecule has 0 aliphatic rings. The van der Waals surface area contributed by atoms with Gasteiger partial charge in [-0.05, 0) is 6.07 Å². The maximum absolute atomic E-state index is 12.7. The molecule has 0 amide bonds. The van der Waals surface area contributed by atoms with E-state index in [1.165, 1.54) is 6.20 Å². The van der Waals surface area contributed by atoms with Crippen molar-refractivity contribution >= 4 is 31.9 Å². The van der Waals surface area contributed by atoms with E-state index in [9.17, 15) is 4.39 Å². The summed E-state index contributed by atoms with van der Waals surface area (Å²) in [5.41, 5.74) is 0.565. The van der Waals surface area contributed by atoms with Gasteiger partial charge in [0.2, 0.25) is 0 Å². The molecule has 1 aromatic rings. The van der Waals surface area contributed by atoms with Crippen LogP contribution in [0.4, 0.5) is 4.39 Å². The summed E-state index contributed by atoms with van der Waals surface area (Å²) in [6.07, 6.45) is 2.73. The summed E-state index contributed by atoms with van der Waals surface area (Å²) in [6.45, 7) is 0. The second-order valence-corrected chi connectivity index (χ2v) is 4.76. The Hall–Kier alpha value is 0.0400. The van der Waals surface area contributed by atoms with Crippen LogP contribution in [0.3, 0.4) is 0 Å². The van der Waals surface area contributed by atoms with Crippen LogP contribution in [-0.4, -0.2) is 4.98 Å². The van der Waals surface area contributed by atoms with Crippen LogP contribution in [0.1, 0.15) is 9.30 Å². The third kappa shape index (κ3) is 1.76. The van der Waals surface area contributed by atoms with Crippen molar-refractivity contribution in [2.24, 2.45) is 0 Å². The summed E-state index contributed by atoms with van der Waals surface area (Å²) in [6, 6.07) is 1.61. The summed E-state index contributed by atoms with van der Waals surface area (Å²) in [5.74, 6) is -0.304. The normalized spacial score (nSPS) is 10.4. The number of aromatic nitrogens is 1. The fourth-order valence-electron chi connectivity index (χ4n) is 0.563. The average Bonchev–Trinajstić information content (AvgIpc) is 1.88. The van der Waals surface area contributed by atoms with Crippen LogP contribution in [0, 0.1) is 5.82 Å². The zero-order chi connectivity index (χ0) is 7.56. The lowest BCUT2D eigenvalue weighted by molar-refractivity contribution is 0.611. The van der Waals surface area contributed by atoms with Crippen LogP contribution in [0.5, 0.6) is 0 Å². The molecule has 0 radical (unpaired) electrons. The van der Waals surface area contributed by atoms with E-state index in [0.717, 1.165) is 0 Å². The van der Waals surface area contributed by atoms with Gasteiger partial charge in [0.1, 0.15) is 5.82 Å². The van der Waals surface area contributed by atoms with Gasteiger partial charge in [-0.2, -0.15) is 0 Å². The quantitative estimate of drug-likeness (QED) is 0.714. The van der Waals surface area contributed by atoms with Gasteiger partial charge in [-0.1, -0.05) is 31.9 Å². The highest BCUT2D eigenvalue weighted by Gasteiger charge is 2.06. The molecule has 1 heterocycles. The summed E-state index contributed by atoms with van der Waals surface area (Å²) >= 11 is 6.36. The number of hydrogen-bond donors (Lipinski definition) is 0. The molecule has 0 saturated heterocycles. The lowest BCUT2D eigenvalue weighted by atomic mass is 10.3. The monoisotopic (exact) mass is 267 g/mol. The van der Waals surface area contributed by atoms with Crippen molar-refractivity contribution in [2.75, 3.05) is 0 Å². The van der Waals surface area contributed by atoms with Crippen molar-refractivity contribution in [3.05, 3.63) is 29.8 Å². The molecule has 54 valence electrons. The molecule has 0 fully saturated rings. The lowest BCUT2D eigenvalue weighted by Gasteiger charge is -2.00. The van der Waals surface area contributed by atoms with E-state index < -0.39 is 0 Å². The fraction of sp³-hybridized carbons (Fsp3) is 0.167.